The van der Waals surface area contributed by atoms with Crippen LogP contribution in [0.1, 0.15) is 24.4 Å². The molecule has 0 amide bonds. The van der Waals surface area contributed by atoms with E-state index in [0.717, 1.165) is 37.2 Å². The average Bonchev–Trinajstić information content (AvgIpc) is 2.48. The number of piperidine rings is 1. The van der Waals surface area contributed by atoms with Gasteiger partial charge in [0.2, 0.25) is 0 Å². The summed E-state index contributed by atoms with van der Waals surface area (Å²) in [5.41, 5.74) is 7.57. The average molecular weight is 262 g/mol. The highest BCUT2D eigenvalue weighted by atomic mass is 16.5. The van der Waals surface area contributed by atoms with Crippen LogP contribution in [0.3, 0.4) is 0 Å². The summed E-state index contributed by atoms with van der Waals surface area (Å²) in [6.45, 7) is 2.78. The second-order valence-electron chi connectivity index (χ2n) is 5.41. The van der Waals surface area contributed by atoms with Crippen LogP contribution in [0.5, 0.6) is 5.75 Å². The Hall–Kier alpha value is -1.10. The Balaban J connectivity index is 1.71. The third-order valence-electron chi connectivity index (χ3n) is 4.38. The molecule has 0 aliphatic carbocycles. The fraction of sp³-hybridized carbons (Fsp3) is 0.600. The van der Waals surface area contributed by atoms with Crippen LogP contribution in [0.2, 0.25) is 0 Å². The van der Waals surface area contributed by atoms with Gasteiger partial charge in [0.15, 0.2) is 0 Å². The van der Waals surface area contributed by atoms with Crippen molar-refractivity contribution in [2.75, 3.05) is 26.8 Å². The molecule has 0 aromatic heterocycles. The summed E-state index contributed by atoms with van der Waals surface area (Å²) < 4.78 is 11.3. The van der Waals surface area contributed by atoms with Gasteiger partial charge in [-0.2, -0.15) is 0 Å². The zero-order chi connectivity index (χ0) is 13.2. The van der Waals surface area contributed by atoms with Gasteiger partial charge in [-0.15, -0.1) is 0 Å². The van der Waals surface area contributed by atoms with Crippen molar-refractivity contribution in [3.8, 4) is 5.75 Å². The second-order valence-corrected chi connectivity index (χ2v) is 5.41. The van der Waals surface area contributed by atoms with Crippen molar-refractivity contribution in [3.63, 3.8) is 0 Å². The molecule has 2 aliphatic rings. The van der Waals surface area contributed by atoms with E-state index >= 15 is 0 Å². The Bertz CT molecular complexity index is 430. The number of benzene rings is 1. The normalized spacial score (nSPS) is 28.7. The Morgan fingerprint density at radius 3 is 2.74 bits per heavy atom. The van der Waals surface area contributed by atoms with E-state index in [1.807, 2.05) is 18.2 Å². The second kappa shape index (κ2) is 5.49. The lowest BCUT2D eigenvalue weighted by atomic mass is 9.94. The van der Waals surface area contributed by atoms with E-state index in [2.05, 4.69) is 11.0 Å². The molecule has 1 aromatic rings. The SMILES string of the molecule is COC1CCN(C2COc3ccccc3C2N)CC1. The predicted molar refractivity (Wildman–Crippen MR) is 74.3 cm³/mol. The minimum atomic E-state index is 0.0454. The van der Waals surface area contributed by atoms with Crippen molar-refractivity contribution in [2.45, 2.75) is 31.0 Å². The van der Waals surface area contributed by atoms with Crippen molar-refractivity contribution in [3.05, 3.63) is 29.8 Å². The Morgan fingerprint density at radius 1 is 1.26 bits per heavy atom. The molecule has 2 aliphatic heterocycles. The van der Waals surface area contributed by atoms with E-state index in [1.54, 1.807) is 7.11 Å². The van der Waals surface area contributed by atoms with Crippen molar-refractivity contribution < 1.29 is 9.47 Å². The van der Waals surface area contributed by atoms with Gasteiger partial charge >= 0.3 is 0 Å². The van der Waals surface area contributed by atoms with Gasteiger partial charge in [0.25, 0.3) is 0 Å². The third-order valence-corrected chi connectivity index (χ3v) is 4.38. The summed E-state index contributed by atoms with van der Waals surface area (Å²) in [5, 5.41) is 0. The summed E-state index contributed by atoms with van der Waals surface area (Å²) >= 11 is 0. The molecule has 2 unspecified atom stereocenters. The lowest BCUT2D eigenvalue weighted by Gasteiger charge is -2.42. The topological polar surface area (TPSA) is 47.7 Å². The summed E-state index contributed by atoms with van der Waals surface area (Å²) in [7, 11) is 1.80. The van der Waals surface area contributed by atoms with Crippen molar-refractivity contribution >= 4 is 0 Å². The first-order valence-electron chi connectivity index (χ1n) is 7.03. The number of methoxy groups -OCH3 is 1. The predicted octanol–water partition coefficient (Wildman–Crippen LogP) is 1.56. The lowest BCUT2D eigenvalue weighted by molar-refractivity contribution is 0.00893. The van der Waals surface area contributed by atoms with Gasteiger partial charge in [0, 0.05) is 25.8 Å². The first kappa shape index (κ1) is 12.9. The monoisotopic (exact) mass is 262 g/mol. The third kappa shape index (κ3) is 2.48. The standard InChI is InChI=1S/C15H22N2O2/c1-18-11-6-8-17(9-7-11)13-10-19-14-5-3-2-4-12(14)15(13)16/h2-5,11,13,15H,6-10,16H2,1H3. The highest BCUT2D eigenvalue weighted by Crippen LogP contribution is 2.33. The van der Waals surface area contributed by atoms with Gasteiger partial charge in [0.1, 0.15) is 12.4 Å². The first-order valence-corrected chi connectivity index (χ1v) is 7.03. The molecule has 1 aromatic carbocycles. The van der Waals surface area contributed by atoms with Crippen LogP contribution in [0, 0.1) is 0 Å². The maximum absolute atomic E-state index is 6.44. The molecule has 2 atom stereocenters. The number of nitrogens with zero attached hydrogens (tertiary/aromatic N) is 1. The molecule has 104 valence electrons. The fourth-order valence-corrected chi connectivity index (χ4v) is 3.15. The molecule has 4 heteroatoms. The highest BCUT2D eigenvalue weighted by Gasteiger charge is 2.34. The van der Waals surface area contributed by atoms with Crippen LogP contribution < -0.4 is 10.5 Å². The molecular formula is C15H22N2O2. The van der Waals surface area contributed by atoms with Crippen molar-refractivity contribution in [1.82, 2.24) is 4.90 Å². The first-order chi connectivity index (χ1) is 9.29. The minimum absolute atomic E-state index is 0.0454. The van der Waals surface area contributed by atoms with Crippen LogP contribution in [0.4, 0.5) is 0 Å². The zero-order valence-corrected chi connectivity index (χ0v) is 11.4. The van der Waals surface area contributed by atoms with Crippen LogP contribution in [-0.4, -0.2) is 43.9 Å². The maximum atomic E-state index is 6.44. The van der Waals surface area contributed by atoms with E-state index in [0.29, 0.717) is 12.7 Å². The Morgan fingerprint density at radius 2 is 2.00 bits per heavy atom. The molecule has 1 saturated heterocycles. The quantitative estimate of drug-likeness (QED) is 0.878. The number of hydrogen-bond donors (Lipinski definition) is 1. The van der Waals surface area contributed by atoms with E-state index in [-0.39, 0.29) is 12.1 Å². The molecule has 4 nitrogen and oxygen atoms in total. The summed E-state index contributed by atoms with van der Waals surface area (Å²) in [5.74, 6) is 0.943. The Kier molecular flexibility index (Phi) is 3.73. The van der Waals surface area contributed by atoms with Gasteiger partial charge in [-0.3, -0.25) is 4.90 Å². The van der Waals surface area contributed by atoms with Crippen LogP contribution in [-0.2, 0) is 4.74 Å². The van der Waals surface area contributed by atoms with Crippen molar-refractivity contribution in [1.29, 1.82) is 0 Å². The number of para-hydroxylation sites is 1. The molecule has 3 rings (SSSR count). The maximum Gasteiger partial charge on any atom is 0.124 e. The highest BCUT2D eigenvalue weighted by molar-refractivity contribution is 5.38. The largest absolute Gasteiger partial charge is 0.492 e. The summed E-state index contributed by atoms with van der Waals surface area (Å²) in [6, 6.07) is 8.44. The zero-order valence-electron chi connectivity index (χ0n) is 11.4. The molecule has 1 fully saturated rings. The molecule has 0 saturated carbocycles. The Labute approximate surface area is 114 Å². The van der Waals surface area contributed by atoms with Gasteiger partial charge < -0.3 is 15.2 Å². The molecule has 0 bridgehead atoms. The molecule has 2 heterocycles. The van der Waals surface area contributed by atoms with Crippen LogP contribution in [0.25, 0.3) is 0 Å². The van der Waals surface area contributed by atoms with Gasteiger partial charge in [0.05, 0.1) is 18.2 Å². The minimum Gasteiger partial charge on any atom is -0.492 e. The van der Waals surface area contributed by atoms with Crippen molar-refractivity contribution in [2.24, 2.45) is 5.73 Å². The summed E-state index contributed by atoms with van der Waals surface area (Å²) in [6.07, 6.45) is 2.58. The number of rotatable bonds is 2. The van der Waals surface area contributed by atoms with E-state index in [4.69, 9.17) is 15.2 Å². The number of hydrogen-bond acceptors (Lipinski definition) is 4. The van der Waals surface area contributed by atoms with Gasteiger partial charge in [-0.05, 0) is 18.9 Å². The van der Waals surface area contributed by atoms with Gasteiger partial charge in [-0.25, -0.2) is 0 Å². The number of nitrogens with two attached hydrogens (primary N) is 1. The number of fused-ring (bicyclic) bond motifs is 1. The number of ether oxygens (including phenoxy) is 2. The molecule has 0 radical (unpaired) electrons. The molecule has 2 N–H and O–H groups in total. The smallest absolute Gasteiger partial charge is 0.124 e. The fourth-order valence-electron chi connectivity index (χ4n) is 3.15. The van der Waals surface area contributed by atoms with E-state index in [9.17, 15) is 0 Å². The summed E-state index contributed by atoms with van der Waals surface area (Å²) in [4.78, 5) is 2.45. The van der Waals surface area contributed by atoms with E-state index < -0.39 is 0 Å². The molecule has 0 spiro atoms. The lowest BCUT2D eigenvalue weighted by Crippen LogP contribution is -2.52. The molecule has 19 heavy (non-hydrogen) atoms. The van der Waals surface area contributed by atoms with Crippen LogP contribution in [0.15, 0.2) is 24.3 Å². The van der Waals surface area contributed by atoms with E-state index in [1.165, 1.54) is 0 Å². The number of likely N-dealkylation sites (tertiary alicyclic amines) is 1. The van der Waals surface area contributed by atoms with Crippen LogP contribution >= 0.6 is 0 Å². The van der Waals surface area contributed by atoms with Gasteiger partial charge in [-0.1, -0.05) is 18.2 Å². The molecular weight excluding hydrogens is 240 g/mol.